The number of alkyl halides is 3. The summed E-state index contributed by atoms with van der Waals surface area (Å²) in [4.78, 5) is 19.8. The first-order chi connectivity index (χ1) is 22.8. The van der Waals surface area contributed by atoms with Crippen LogP contribution in [-0.4, -0.2) is 58.6 Å². The molecule has 0 spiro atoms. The third kappa shape index (κ3) is 9.15. The first kappa shape index (κ1) is 34.9. The van der Waals surface area contributed by atoms with Crippen LogP contribution in [0.25, 0.3) is 17.1 Å². The standard InChI is InChI=1S/C35H41F3N6O3S/c1-23(2)29-16-15-28(46-5)19-30(29)43-17-6-18-48-33(43)41-32(45)39-21-34(3,4)20-24-7-9-25(10-8-24)31-40-22-44(42-31)26-11-13-27(14-12-26)47-35(36,37)38/h7-16,19,22-23,33H,6,17-18,20-21H2,1-5H3,(H2,39,41,45). The van der Waals surface area contributed by atoms with Gasteiger partial charge in [-0.2, -0.15) is 0 Å². The number of hydrogen-bond acceptors (Lipinski definition) is 7. The van der Waals surface area contributed by atoms with Gasteiger partial charge in [-0.05, 0) is 71.4 Å². The van der Waals surface area contributed by atoms with Crippen molar-refractivity contribution in [2.24, 2.45) is 5.41 Å². The molecule has 256 valence electrons. The van der Waals surface area contributed by atoms with Crippen molar-refractivity contribution in [2.45, 2.75) is 58.3 Å². The third-order valence-corrected chi connectivity index (χ3v) is 9.19. The predicted molar refractivity (Wildman–Crippen MR) is 183 cm³/mol. The summed E-state index contributed by atoms with van der Waals surface area (Å²) in [5, 5.41) is 10.8. The zero-order chi connectivity index (χ0) is 34.5. The van der Waals surface area contributed by atoms with Crippen LogP contribution in [0.3, 0.4) is 0 Å². The second-order valence-electron chi connectivity index (χ2n) is 12.8. The lowest BCUT2D eigenvalue weighted by Gasteiger charge is -2.39. The Morgan fingerprint density at radius 3 is 2.42 bits per heavy atom. The summed E-state index contributed by atoms with van der Waals surface area (Å²) in [6.07, 6.45) is -1.48. The molecule has 0 aliphatic carbocycles. The Balaban J connectivity index is 1.16. The van der Waals surface area contributed by atoms with Crippen LogP contribution in [0.5, 0.6) is 11.5 Å². The van der Waals surface area contributed by atoms with Crippen molar-refractivity contribution in [2.75, 3.05) is 30.9 Å². The highest BCUT2D eigenvalue weighted by atomic mass is 32.2. The summed E-state index contributed by atoms with van der Waals surface area (Å²) in [6.45, 7) is 9.89. The number of aromatic nitrogens is 3. The molecule has 9 nitrogen and oxygen atoms in total. The summed E-state index contributed by atoms with van der Waals surface area (Å²) in [7, 11) is 1.67. The molecule has 1 atom stereocenters. The second-order valence-corrected chi connectivity index (χ2v) is 14.0. The maximum Gasteiger partial charge on any atom is 0.573 e. The van der Waals surface area contributed by atoms with E-state index in [1.807, 2.05) is 30.3 Å². The fraction of sp³-hybridized carbons (Fsp3) is 0.400. The minimum Gasteiger partial charge on any atom is -0.497 e. The molecule has 1 fully saturated rings. The van der Waals surface area contributed by atoms with E-state index < -0.39 is 6.36 Å². The van der Waals surface area contributed by atoms with Gasteiger partial charge in [-0.25, -0.2) is 14.5 Å². The van der Waals surface area contributed by atoms with E-state index in [1.54, 1.807) is 18.9 Å². The molecule has 48 heavy (non-hydrogen) atoms. The van der Waals surface area contributed by atoms with Crippen LogP contribution in [0.1, 0.15) is 51.2 Å². The molecule has 2 amide bonds. The van der Waals surface area contributed by atoms with Crippen molar-refractivity contribution < 1.29 is 27.4 Å². The molecule has 0 saturated carbocycles. The molecule has 2 heterocycles. The first-order valence-corrected chi connectivity index (χ1v) is 16.8. The molecule has 13 heteroatoms. The summed E-state index contributed by atoms with van der Waals surface area (Å²) in [5.41, 5.74) is 4.33. The predicted octanol–water partition coefficient (Wildman–Crippen LogP) is 7.76. The Hall–Kier alpha value is -4.39. The zero-order valence-corrected chi connectivity index (χ0v) is 28.5. The molecule has 2 N–H and O–H groups in total. The number of nitrogens with zero attached hydrogens (tertiary/aromatic N) is 4. The topological polar surface area (TPSA) is 93.5 Å². The van der Waals surface area contributed by atoms with Crippen molar-refractivity contribution in [3.8, 4) is 28.6 Å². The third-order valence-electron chi connectivity index (χ3n) is 7.97. The van der Waals surface area contributed by atoms with Gasteiger partial charge < -0.3 is 25.0 Å². The number of rotatable bonds is 11. The van der Waals surface area contributed by atoms with Gasteiger partial charge in [0, 0.05) is 30.4 Å². The Morgan fingerprint density at radius 1 is 1.04 bits per heavy atom. The minimum absolute atomic E-state index is 0.195. The van der Waals surface area contributed by atoms with E-state index in [1.165, 1.54) is 40.8 Å². The number of amides is 2. The normalized spacial score (nSPS) is 15.4. The first-order valence-electron chi connectivity index (χ1n) is 15.8. The van der Waals surface area contributed by atoms with Gasteiger partial charge in [-0.3, -0.25) is 0 Å². The number of carbonyl (C=O) groups is 1. The molecular formula is C35H41F3N6O3S. The fourth-order valence-corrected chi connectivity index (χ4v) is 6.69. The molecule has 1 aromatic heterocycles. The monoisotopic (exact) mass is 682 g/mol. The number of carbonyl (C=O) groups excluding carboxylic acids is 1. The van der Waals surface area contributed by atoms with E-state index in [-0.39, 0.29) is 22.7 Å². The van der Waals surface area contributed by atoms with Crippen molar-refractivity contribution in [1.29, 1.82) is 0 Å². The van der Waals surface area contributed by atoms with Gasteiger partial charge in [0.05, 0.1) is 12.8 Å². The van der Waals surface area contributed by atoms with Crippen molar-refractivity contribution >= 4 is 23.5 Å². The molecule has 4 aromatic rings. The summed E-state index contributed by atoms with van der Waals surface area (Å²) < 4.78 is 48.3. The number of methoxy groups -OCH3 is 1. The van der Waals surface area contributed by atoms with Gasteiger partial charge >= 0.3 is 12.4 Å². The van der Waals surface area contributed by atoms with Gasteiger partial charge in [0.25, 0.3) is 0 Å². The summed E-state index contributed by atoms with van der Waals surface area (Å²) >= 11 is 1.73. The molecule has 1 unspecified atom stereocenters. The zero-order valence-electron chi connectivity index (χ0n) is 27.7. The van der Waals surface area contributed by atoms with Crippen LogP contribution in [0, 0.1) is 5.41 Å². The van der Waals surface area contributed by atoms with E-state index in [9.17, 15) is 18.0 Å². The highest BCUT2D eigenvalue weighted by Crippen LogP contribution is 2.36. The summed E-state index contributed by atoms with van der Waals surface area (Å²) in [6, 6.07) is 19.3. The van der Waals surface area contributed by atoms with Gasteiger partial charge in [0.15, 0.2) is 11.3 Å². The maximum absolute atomic E-state index is 13.2. The number of anilines is 1. The molecule has 0 radical (unpaired) electrons. The number of benzene rings is 3. The number of nitrogens with one attached hydrogen (secondary N) is 2. The van der Waals surface area contributed by atoms with Crippen LogP contribution in [0.15, 0.2) is 73.1 Å². The molecule has 1 aliphatic heterocycles. The SMILES string of the molecule is COc1ccc(C(C)C)c(N2CCCSC2NC(=O)NCC(C)(C)Cc2ccc(-c3ncn(-c4ccc(OC(F)(F)F)cc4)n3)cc2)c1. The Morgan fingerprint density at radius 2 is 1.75 bits per heavy atom. The second kappa shape index (κ2) is 14.8. The molecule has 0 bridgehead atoms. The fourth-order valence-electron chi connectivity index (χ4n) is 5.58. The maximum atomic E-state index is 13.2. The molecule has 5 rings (SSSR count). The lowest BCUT2D eigenvalue weighted by Crippen LogP contribution is -2.53. The Kier molecular flexibility index (Phi) is 10.8. The van der Waals surface area contributed by atoms with E-state index in [0.717, 1.165) is 47.7 Å². The quantitative estimate of drug-likeness (QED) is 0.167. The van der Waals surface area contributed by atoms with Crippen LogP contribution in [0.2, 0.25) is 0 Å². The van der Waals surface area contributed by atoms with Gasteiger partial charge in [-0.1, -0.05) is 58.0 Å². The van der Waals surface area contributed by atoms with Crippen LogP contribution < -0.4 is 25.0 Å². The number of thioether (sulfide) groups is 1. The van der Waals surface area contributed by atoms with E-state index >= 15 is 0 Å². The Labute approximate surface area is 283 Å². The molecule has 1 saturated heterocycles. The van der Waals surface area contributed by atoms with Crippen LogP contribution in [-0.2, 0) is 6.42 Å². The van der Waals surface area contributed by atoms with Crippen molar-refractivity contribution in [3.63, 3.8) is 0 Å². The number of urea groups is 1. The highest BCUT2D eigenvalue weighted by Gasteiger charge is 2.31. The van der Waals surface area contributed by atoms with Crippen LogP contribution >= 0.6 is 11.8 Å². The van der Waals surface area contributed by atoms with Gasteiger partial charge in [0.1, 0.15) is 17.8 Å². The van der Waals surface area contributed by atoms with E-state index in [0.29, 0.717) is 24.0 Å². The lowest BCUT2D eigenvalue weighted by atomic mass is 9.85. The molecule has 1 aliphatic rings. The van der Waals surface area contributed by atoms with Crippen molar-refractivity contribution in [3.05, 3.63) is 84.2 Å². The smallest absolute Gasteiger partial charge is 0.497 e. The number of halogens is 3. The lowest BCUT2D eigenvalue weighted by molar-refractivity contribution is -0.274. The van der Waals surface area contributed by atoms with Gasteiger partial charge in [0.2, 0.25) is 0 Å². The average molecular weight is 683 g/mol. The number of hydrogen-bond donors (Lipinski definition) is 2. The molecule has 3 aromatic carbocycles. The molecular weight excluding hydrogens is 641 g/mol. The van der Waals surface area contributed by atoms with E-state index in [2.05, 4.69) is 70.2 Å². The minimum atomic E-state index is -4.75. The van der Waals surface area contributed by atoms with Crippen LogP contribution in [0.4, 0.5) is 23.7 Å². The van der Waals surface area contributed by atoms with Gasteiger partial charge in [-0.15, -0.1) is 30.0 Å². The van der Waals surface area contributed by atoms with Crippen molar-refractivity contribution in [1.82, 2.24) is 25.4 Å². The number of ether oxygens (including phenoxy) is 2. The highest BCUT2D eigenvalue weighted by molar-refractivity contribution is 8.00. The summed E-state index contributed by atoms with van der Waals surface area (Å²) in [5.74, 6) is 2.26. The average Bonchev–Trinajstić information content (AvgIpc) is 3.54. The Bertz CT molecular complexity index is 1680. The largest absolute Gasteiger partial charge is 0.573 e. The van der Waals surface area contributed by atoms with E-state index in [4.69, 9.17) is 4.74 Å².